The Morgan fingerprint density at radius 2 is 2.00 bits per heavy atom. The molecule has 0 heterocycles. The predicted molar refractivity (Wildman–Crippen MR) is 90.1 cm³/mol. The van der Waals surface area contributed by atoms with Crippen molar-refractivity contribution in [3.05, 3.63) is 64.7 Å². The molecule has 0 aliphatic carbocycles. The van der Waals surface area contributed by atoms with Crippen LogP contribution in [-0.2, 0) is 5.75 Å². The second kappa shape index (κ2) is 7.71. The van der Waals surface area contributed by atoms with Crippen molar-refractivity contribution in [1.82, 2.24) is 0 Å². The monoisotopic (exact) mass is 319 g/mol. The second-order valence-electron chi connectivity index (χ2n) is 4.16. The molecule has 3 N–H and O–H groups in total. The van der Waals surface area contributed by atoms with Gasteiger partial charge in [-0.1, -0.05) is 53.7 Å². The summed E-state index contributed by atoms with van der Waals surface area (Å²) in [4.78, 5) is 0. The number of halogens is 1. The first-order valence-corrected chi connectivity index (χ1v) is 7.53. The summed E-state index contributed by atoms with van der Waals surface area (Å²) in [5.41, 5.74) is 7.42. The molecule has 0 saturated carbocycles. The molecule has 0 spiro atoms. The van der Waals surface area contributed by atoms with Crippen molar-refractivity contribution in [3.8, 4) is 5.75 Å². The van der Waals surface area contributed by atoms with E-state index in [1.807, 2.05) is 30.3 Å². The van der Waals surface area contributed by atoms with Crippen LogP contribution in [0.15, 0.2) is 58.7 Å². The highest BCUT2D eigenvalue weighted by molar-refractivity contribution is 8.13. The topological polar surface area (TPSA) is 71.0 Å². The number of amidine groups is 1. The molecule has 0 amide bonds. The molecule has 0 unspecified atom stereocenters. The lowest BCUT2D eigenvalue weighted by Crippen LogP contribution is -2.06. The molecule has 0 saturated heterocycles. The third-order valence-electron chi connectivity index (χ3n) is 2.57. The maximum Gasteiger partial charge on any atom is 0.180 e. The van der Waals surface area contributed by atoms with Crippen molar-refractivity contribution < 1.29 is 5.11 Å². The summed E-state index contributed by atoms with van der Waals surface area (Å²) >= 11 is 7.24. The lowest BCUT2D eigenvalue weighted by atomic mass is 10.2. The molecule has 2 rings (SSSR count). The average molecular weight is 320 g/mol. The van der Waals surface area contributed by atoms with E-state index in [0.717, 1.165) is 11.3 Å². The molecule has 0 fully saturated rings. The maximum atomic E-state index is 9.62. The Morgan fingerprint density at radius 3 is 2.76 bits per heavy atom. The molecule has 4 nitrogen and oxygen atoms in total. The van der Waals surface area contributed by atoms with Crippen LogP contribution in [0.5, 0.6) is 5.75 Å². The molecular formula is C15H14ClN3OS. The average Bonchev–Trinajstić information content (AvgIpc) is 2.50. The Labute approximate surface area is 132 Å². The number of phenols is 1. The quantitative estimate of drug-likeness (QED) is 0.513. The van der Waals surface area contributed by atoms with E-state index in [4.69, 9.17) is 17.3 Å². The van der Waals surface area contributed by atoms with E-state index in [2.05, 4.69) is 10.2 Å². The predicted octanol–water partition coefficient (Wildman–Crippen LogP) is 3.63. The van der Waals surface area contributed by atoms with E-state index in [1.165, 1.54) is 24.0 Å². The Balaban J connectivity index is 1.93. The van der Waals surface area contributed by atoms with E-state index < -0.39 is 0 Å². The molecule has 0 radical (unpaired) electrons. The lowest BCUT2D eigenvalue weighted by molar-refractivity contribution is 0.474. The number of hydrogen-bond acceptors (Lipinski definition) is 4. The maximum absolute atomic E-state index is 9.62. The van der Waals surface area contributed by atoms with Gasteiger partial charge >= 0.3 is 0 Å². The molecule has 0 bridgehead atoms. The number of thioether (sulfide) groups is 1. The molecule has 6 heteroatoms. The highest BCUT2D eigenvalue weighted by atomic mass is 35.5. The van der Waals surface area contributed by atoms with Gasteiger partial charge in [-0.25, -0.2) is 0 Å². The summed E-state index contributed by atoms with van der Waals surface area (Å²) in [7, 11) is 0. The molecule has 2 aromatic rings. The van der Waals surface area contributed by atoms with Crippen molar-refractivity contribution in [1.29, 1.82) is 0 Å². The minimum Gasteiger partial charge on any atom is -0.507 e. The number of hydrogen-bond donors (Lipinski definition) is 2. The molecule has 21 heavy (non-hydrogen) atoms. The van der Waals surface area contributed by atoms with Crippen molar-refractivity contribution >= 4 is 34.7 Å². The van der Waals surface area contributed by atoms with Crippen molar-refractivity contribution in [3.63, 3.8) is 0 Å². The van der Waals surface area contributed by atoms with Gasteiger partial charge in [0, 0.05) is 16.3 Å². The third-order valence-corrected chi connectivity index (χ3v) is 3.66. The first-order chi connectivity index (χ1) is 10.1. The van der Waals surface area contributed by atoms with Crippen LogP contribution in [-0.4, -0.2) is 16.5 Å². The van der Waals surface area contributed by atoms with Gasteiger partial charge in [0.15, 0.2) is 5.17 Å². The van der Waals surface area contributed by atoms with E-state index in [0.29, 0.717) is 15.8 Å². The van der Waals surface area contributed by atoms with Gasteiger partial charge in [0.25, 0.3) is 0 Å². The van der Waals surface area contributed by atoms with E-state index >= 15 is 0 Å². The largest absolute Gasteiger partial charge is 0.507 e. The molecule has 0 aliphatic heterocycles. The lowest BCUT2D eigenvalue weighted by Gasteiger charge is -1.99. The normalized spacial score (nSPS) is 12.0. The van der Waals surface area contributed by atoms with Gasteiger partial charge in [0.2, 0.25) is 0 Å². The SMILES string of the molecule is NC(=NN=Cc1cc(Cl)ccc1O)SCc1ccccc1. The zero-order chi connectivity index (χ0) is 15.1. The van der Waals surface area contributed by atoms with Gasteiger partial charge in [-0.15, -0.1) is 5.10 Å². The van der Waals surface area contributed by atoms with Crippen LogP contribution in [0.2, 0.25) is 5.02 Å². The first kappa shape index (κ1) is 15.4. The van der Waals surface area contributed by atoms with Gasteiger partial charge in [-0.05, 0) is 23.8 Å². The summed E-state index contributed by atoms with van der Waals surface area (Å²) in [5.74, 6) is 0.822. The molecular weight excluding hydrogens is 306 g/mol. The molecule has 0 atom stereocenters. The first-order valence-electron chi connectivity index (χ1n) is 6.17. The van der Waals surface area contributed by atoms with Gasteiger partial charge in [-0.3, -0.25) is 0 Å². The fraction of sp³-hybridized carbons (Fsp3) is 0.0667. The summed E-state index contributed by atoms with van der Waals surface area (Å²) in [6.07, 6.45) is 1.41. The second-order valence-corrected chi connectivity index (χ2v) is 5.59. The van der Waals surface area contributed by atoms with Gasteiger partial charge < -0.3 is 10.8 Å². The third kappa shape index (κ3) is 5.13. The van der Waals surface area contributed by atoms with Gasteiger partial charge in [0.1, 0.15) is 5.75 Å². The summed E-state index contributed by atoms with van der Waals surface area (Å²) in [6.45, 7) is 0. The summed E-state index contributed by atoms with van der Waals surface area (Å²) in [6, 6.07) is 14.7. The molecule has 0 aromatic heterocycles. The Bertz CT molecular complexity index is 659. The standard InChI is InChI=1S/C15H14ClN3OS/c16-13-6-7-14(20)12(8-13)9-18-19-15(17)21-10-11-4-2-1-3-5-11/h1-9,20H,10H2,(H2,17,19). The van der Waals surface area contributed by atoms with Crippen LogP contribution in [0.25, 0.3) is 0 Å². The van der Waals surface area contributed by atoms with Crippen LogP contribution in [0, 0.1) is 0 Å². The van der Waals surface area contributed by atoms with Gasteiger partial charge in [-0.2, -0.15) is 5.10 Å². The molecule has 108 valence electrons. The van der Waals surface area contributed by atoms with Crippen LogP contribution in [0.4, 0.5) is 0 Å². The van der Waals surface area contributed by atoms with Crippen molar-refractivity contribution in [2.75, 3.05) is 0 Å². The smallest absolute Gasteiger partial charge is 0.180 e. The fourth-order valence-corrected chi connectivity index (χ4v) is 2.33. The summed E-state index contributed by atoms with van der Waals surface area (Å²) in [5, 5.41) is 18.2. The fourth-order valence-electron chi connectivity index (χ4n) is 1.54. The zero-order valence-corrected chi connectivity index (χ0v) is 12.7. The Hall–Kier alpha value is -1.98. The molecule has 2 aromatic carbocycles. The number of nitrogens with two attached hydrogens (primary N) is 1. The van der Waals surface area contributed by atoms with E-state index in [1.54, 1.807) is 12.1 Å². The number of phenolic OH excluding ortho intramolecular Hbond substituents is 1. The van der Waals surface area contributed by atoms with E-state index in [9.17, 15) is 5.11 Å². The molecule has 0 aliphatic rings. The highest BCUT2D eigenvalue weighted by Crippen LogP contribution is 2.19. The Kier molecular flexibility index (Phi) is 5.66. The van der Waals surface area contributed by atoms with Crippen molar-refractivity contribution in [2.45, 2.75) is 5.75 Å². The number of nitrogens with zero attached hydrogens (tertiary/aromatic N) is 2. The van der Waals surface area contributed by atoms with Gasteiger partial charge in [0.05, 0.1) is 6.21 Å². The van der Waals surface area contributed by atoms with E-state index in [-0.39, 0.29) is 5.75 Å². The summed E-state index contributed by atoms with van der Waals surface area (Å²) < 4.78 is 0. The highest BCUT2D eigenvalue weighted by Gasteiger charge is 1.99. The minimum atomic E-state index is 0.0915. The zero-order valence-electron chi connectivity index (χ0n) is 11.1. The minimum absolute atomic E-state index is 0.0915. The van der Waals surface area contributed by atoms with Crippen LogP contribution < -0.4 is 5.73 Å². The number of rotatable bonds is 4. The van der Waals surface area contributed by atoms with Crippen molar-refractivity contribution in [2.24, 2.45) is 15.9 Å². The van der Waals surface area contributed by atoms with Crippen LogP contribution >= 0.6 is 23.4 Å². The van der Waals surface area contributed by atoms with Crippen LogP contribution in [0.3, 0.4) is 0 Å². The number of benzene rings is 2. The number of aromatic hydroxyl groups is 1. The van der Waals surface area contributed by atoms with Crippen LogP contribution in [0.1, 0.15) is 11.1 Å². The Morgan fingerprint density at radius 1 is 1.24 bits per heavy atom.